The lowest BCUT2D eigenvalue weighted by molar-refractivity contribution is -0.153. The van der Waals surface area contributed by atoms with E-state index in [0.29, 0.717) is 54.1 Å². The minimum absolute atomic E-state index is 0.0857. The second kappa shape index (κ2) is 11.8. The first-order valence-electron chi connectivity index (χ1n) is 13.9. The Bertz CT molecular complexity index is 1600. The van der Waals surface area contributed by atoms with Crippen LogP contribution in [-0.2, 0) is 28.9 Å². The summed E-state index contributed by atoms with van der Waals surface area (Å²) in [6.45, 7) is 3.11. The summed E-state index contributed by atoms with van der Waals surface area (Å²) in [4.78, 5) is 26.1. The predicted molar refractivity (Wildman–Crippen MR) is 150 cm³/mol. The smallest absolute Gasteiger partial charge is 0.341 e. The van der Waals surface area contributed by atoms with Crippen LogP contribution in [0.25, 0.3) is 11.5 Å². The number of nitrogens with one attached hydrogen (secondary N) is 1. The van der Waals surface area contributed by atoms with Crippen LogP contribution in [0.1, 0.15) is 40.5 Å². The zero-order valence-electron chi connectivity index (χ0n) is 23.2. The molecule has 0 spiro atoms. The molecule has 0 amide bonds. The van der Waals surface area contributed by atoms with E-state index >= 15 is 0 Å². The second-order valence-electron chi connectivity index (χ2n) is 10.5. The van der Waals surface area contributed by atoms with Gasteiger partial charge in [-0.25, -0.2) is 19.2 Å². The van der Waals surface area contributed by atoms with E-state index in [9.17, 15) is 14.3 Å². The highest BCUT2D eigenvalue weighted by Gasteiger charge is 2.39. The highest BCUT2D eigenvalue weighted by Crippen LogP contribution is 2.35. The average Bonchev–Trinajstić information content (AvgIpc) is 3.59. The third-order valence-electron chi connectivity index (χ3n) is 7.51. The van der Waals surface area contributed by atoms with E-state index in [4.69, 9.17) is 24.3 Å². The topological polar surface area (TPSA) is 134 Å². The fourth-order valence-electron chi connectivity index (χ4n) is 5.13. The van der Waals surface area contributed by atoms with Crippen LogP contribution < -0.4 is 10.1 Å². The summed E-state index contributed by atoms with van der Waals surface area (Å²) < 4.78 is 32.9. The first kappa shape index (κ1) is 27.7. The Morgan fingerprint density at radius 2 is 2.07 bits per heavy atom. The monoisotopic (exact) mass is 574 g/mol. The molecule has 2 N–H and O–H groups in total. The maximum absolute atomic E-state index is 14.5. The number of carbonyl (C=O) groups excluding carboxylic acids is 1. The molecule has 1 aliphatic heterocycles. The number of ether oxygens (including phenoxy) is 3. The highest BCUT2D eigenvalue weighted by atomic mass is 19.1. The number of carbonyl (C=O) groups is 1. The van der Waals surface area contributed by atoms with Crippen molar-refractivity contribution in [2.24, 2.45) is 5.41 Å². The third-order valence-corrected chi connectivity index (χ3v) is 7.51. The number of hydrogen-bond acceptors (Lipinski definition) is 10. The van der Waals surface area contributed by atoms with Gasteiger partial charge in [0, 0.05) is 29.2 Å². The Morgan fingerprint density at radius 1 is 1.21 bits per heavy atom. The fraction of sp³-hybridized carbons (Fsp3) is 0.367. The van der Waals surface area contributed by atoms with Crippen LogP contribution >= 0.6 is 0 Å². The van der Waals surface area contributed by atoms with E-state index < -0.39 is 11.4 Å². The molecule has 0 radical (unpaired) electrons. The van der Waals surface area contributed by atoms with Crippen LogP contribution in [0, 0.1) is 11.2 Å². The number of pyridine rings is 1. The highest BCUT2D eigenvalue weighted by molar-refractivity contribution is 5.96. The molecule has 12 heteroatoms. The average molecular weight is 575 g/mol. The van der Waals surface area contributed by atoms with Gasteiger partial charge in [0.1, 0.15) is 23.7 Å². The number of hydrogen-bond donors (Lipinski definition) is 2. The Balaban J connectivity index is 1.37. The summed E-state index contributed by atoms with van der Waals surface area (Å²) in [5.74, 6) is 0.192. The molecular weight excluding hydrogens is 543 g/mol. The molecule has 1 aromatic carbocycles. The summed E-state index contributed by atoms with van der Waals surface area (Å²) in [5.41, 5.74) is 3.41. The first-order valence-corrected chi connectivity index (χ1v) is 13.9. The molecule has 4 aromatic rings. The van der Waals surface area contributed by atoms with Gasteiger partial charge in [0.05, 0.1) is 50.3 Å². The molecule has 4 heterocycles. The molecule has 1 fully saturated rings. The molecule has 0 unspecified atom stereocenters. The molecule has 0 atom stereocenters. The van der Waals surface area contributed by atoms with Crippen LogP contribution in [0.5, 0.6) is 5.75 Å². The number of halogens is 1. The number of esters is 1. The van der Waals surface area contributed by atoms with Crippen molar-refractivity contribution in [2.45, 2.75) is 32.7 Å². The predicted octanol–water partition coefficient (Wildman–Crippen LogP) is 3.72. The summed E-state index contributed by atoms with van der Waals surface area (Å²) in [6, 6.07) is 8.32. The molecule has 0 saturated carbocycles. The van der Waals surface area contributed by atoms with Crippen LogP contribution in [0.2, 0.25) is 0 Å². The van der Waals surface area contributed by atoms with Crippen molar-refractivity contribution in [2.75, 3.05) is 38.4 Å². The normalized spacial score (nSPS) is 15.1. The van der Waals surface area contributed by atoms with Gasteiger partial charge in [-0.05, 0) is 38.3 Å². The van der Waals surface area contributed by atoms with E-state index in [-0.39, 0.29) is 31.2 Å². The van der Waals surface area contributed by atoms with Crippen molar-refractivity contribution >= 4 is 17.5 Å². The maximum atomic E-state index is 14.5. The molecule has 1 saturated heterocycles. The zero-order valence-corrected chi connectivity index (χ0v) is 23.2. The van der Waals surface area contributed by atoms with Gasteiger partial charge in [-0.1, -0.05) is 18.2 Å². The second-order valence-corrected chi connectivity index (χ2v) is 10.5. The van der Waals surface area contributed by atoms with Gasteiger partial charge < -0.3 is 24.6 Å². The molecule has 42 heavy (non-hydrogen) atoms. The van der Waals surface area contributed by atoms with Crippen molar-refractivity contribution in [3.05, 3.63) is 77.1 Å². The number of rotatable bonds is 11. The van der Waals surface area contributed by atoms with Crippen LogP contribution in [0.15, 0.2) is 48.9 Å². The summed E-state index contributed by atoms with van der Waals surface area (Å²) in [5, 5.41) is 17.9. The van der Waals surface area contributed by atoms with Crippen molar-refractivity contribution in [3.8, 4) is 17.3 Å². The Labute approximate surface area is 241 Å². The minimum Gasteiger partial charge on any atom is -0.487 e. The van der Waals surface area contributed by atoms with Gasteiger partial charge in [0.25, 0.3) is 0 Å². The molecule has 6 rings (SSSR count). The van der Waals surface area contributed by atoms with E-state index in [1.165, 1.54) is 12.3 Å². The lowest BCUT2D eigenvalue weighted by Crippen LogP contribution is -2.50. The molecule has 2 aliphatic rings. The lowest BCUT2D eigenvalue weighted by atomic mass is 9.88. The molecule has 3 aromatic heterocycles. The molecule has 11 nitrogen and oxygen atoms in total. The number of aliphatic hydroxyl groups excluding tert-OH is 1. The zero-order chi connectivity index (χ0) is 29.1. The Morgan fingerprint density at radius 3 is 2.83 bits per heavy atom. The lowest BCUT2D eigenvalue weighted by Gasteiger charge is -2.39. The Kier molecular flexibility index (Phi) is 7.81. The largest absolute Gasteiger partial charge is 0.487 e. The summed E-state index contributed by atoms with van der Waals surface area (Å²) in [7, 11) is 0. The number of nitrogens with zero attached hydrogens (tertiary/aromatic N) is 5. The number of benzene rings is 1. The van der Waals surface area contributed by atoms with Gasteiger partial charge in [0.2, 0.25) is 0 Å². The maximum Gasteiger partial charge on any atom is 0.341 e. The van der Waals surface area contributed by atoms with E-state index in [0.717, 1.165) is 30.5 Å². The van der Waals surface area contributed by atoms with E-state index in [1.54, 1.807) is 37.5 Å². The minimum atomic E-state index is -0.527. The molecule has 1 aliphatic carbocycles. The quantitative estimate of drug-likeness (QED) is 0.255. The summed E-state index contributed by atoms with van der Waals surface area (Å²) >= 11 is 0. The summed E-state index contributed by atoms with van der Waals surface area (Å²) in [6.07, 6.45) is 7.12. The molecule has 0 bridgehead atoms. The van der Waals surface area contributed by atoms with E-state index in [1.807, 2.05) is 10.7 Å². The first-order chi connectivity index (χ1) is 20.5. The van der Waals surface area contributed by atoms with Gasteiger partial charge in [-0.2, -0.15) is 5.10 Å². The van der Waals surface area contributed by atoms with Crippen molar-refractivity contribution in [1.29, 1.82) is 0 Å². The Hall–Kier alpha value is -4.42. The van der Waals surface area contributed by atoms with Crippen LogP contribution in [-0.4, -0.2) is 68.8 Å². The number of fused-ring (bicyclic) bond motifs is 1. The molecule has 218 valence electrons. The van der Waals surface area contributed by atoms with Gasteiger partial charge in [-0.3, -0.25) is 9.67 Å². The van der Waals surface area contributed by atoms with E-state index in [2.05, 4.69) is 15.3 Å². The standard InChI is InChI=1S/C30H31FN6O5/c1-2-41-29(39)21-12-32-11-10-23(21)34-27-25(42-18-30(15-38)16-40-17-30)13-33-28(35-27)26-20-7-5-9-24(20)37(36-26)14-19-6-3-4-8-22(19)31/h3-4,6,8,10-13,38H,2,5,7,9,14-18H2,1H3,(H,32,33,34,35). The van der Waals surface area contributed by atoms with Crippen molar-refractivity contribution in [1.82, 2.24) is 24.7 Å². The van der Waals surface area contributed by atoms with Crippen molar-refractivity contribution < 1.29 is 28.5 Å². The van der Waals surface area contributed by atoms with Crippen LogP contribution in [0.3, 0.4) is 0 Å². The van der Waals surface area contributed by atoms with Gasteiger partial charge in [0.15, 0.2) is 17.4 Å². The van der Waals surface area contributed by atoms with Gasteiger partial charge in [-0.15, -0.1) is 0 Å². The SMILES string of the molecule is CCOC(=O)c1cnccc1Nc1nc(-c2nn(Cc3ccccc3F)c3c2CCC3)ncc1OCC1(CO)COC1. The third kappa shape index (κ3) is 5.42. The van der Waals surface area contributed by atoms with Crippen molar-refractivity contribution in [3.63, 3.8) is 0 Å². The number of anilines is 2. The number of aromatic nitrogens is 5. The van der Waals surface area contributed by atoms with Crippen LogP contribution in [0.4, 0.5) is 15.9 Å². The molecular formula is C30H31FN6O5. The number of aliphatic hydroxyl groups is 1. The van der Waals surface area contributed by atoms with Gasteiger partial charge >= 0.3 is 5.97 Å². The fourth-order valence-corrected chi connectivity index (χ4v) is 5.13.